The molecule has 0 bridgehead atoms. The van der Waals surface area contributed by atoms with Crippen molar-refractivity contribution >= 4 is 38.8 Å². The van der Waals surface area contributed by atoms with Crippen LogP contribution in [0.2, 0.25) is 5.02 Å². The summed E-state index contributed by atoms with van der Waals surface area (Å²) in [5.41, 5.74) is 2.12. The van der Waals surface area contributed by atoms with Crippen LogP contribution >= 0.6 is 22.9 Å². The van der Waals surface area contributed by atoms with Crippen molar-refractivity contribution in [2.45, 2.75) is 6.54 Å². The summed E-state index contributed by atoms with van der Waals surface area (Å²) in [6.07, 6.45) is 6.15. The molecule has 0 N–H and O–H groups in total. The first-order valence-corrected chi connectivity index (χ1v) is 7.21. The Morgan fingerprint density at radius 2 is 2.16 bits per heavy atom. The summed E-state index contributed by atoms with van der Waals surface area (Å²) in [7, 11) is 0. The van der Waals surface area contributed by atoms with Gasteiger partial charge in [0, 0.05) is 29.4 Å². The topological polar surface area (TPSA) is 22.2 Å². The van der Waals surface area contributed by atoms with Crippen molar-refractivity contribution in [2.75, 3.05) is 0 Å². The van der Waals surface area contributed by atoms with E-state index >= 15 is 0 Å². The minimum Gasteiger partial charge on any atom is -0.340 e. The number of aromatic nitrogens is 3. The van der Waals surface area contributed by atoms with E-state index in [1.807, 2.05) is 28.1 Å². The van der Waals surface area contributed by atoms with Crippen LogP contribution < -0.4 is 0 Å². The quantitative estimate of drug-likeness (QED) is 0.545. The average Bonchev–Trinajstić information content (AvgIpc) is 3.04. The summed E-state index contributed by atoms with van der Waals surface area (Å²) in [5, 5.41) is 3.98. The van der Waals surface area contributed by atoms with Gasteiger partial charge in [-0.1, -0.05) is 23.7 Å². The van der Waals surface area contributed by atoms with Gasteiger partial charge in [-0.05, 0) is 12.1 Å². The fraction of sp³-hybridized carbons (Fsp3) is 0.0714. The Morgan fingerprint density at radius 3 is 3.05 bits per heavy atom. The average molecular weight is 288 g/mol. The molecular weight excluding hydrogens is 278 g/mol. The molecule has 0 saturated heterocycles. The molecule has 1 aromatic carbocycles. The van der Waals surface area contributed by atoms with Crippen LogP contribution in [0.5, 0.6) is 0 Å². The van der Waals surface area contributed by atoms with Gasteiger partial charge in [0.15, 0.2) is 4.96 Å². The number of fused-ring (bicyclic) bond motifs is 2. The van der Waals surface area contributed by atoms with Crippen LogP contribution in [-0.4, -0.2) is 14.0 Å². The molecule has 0 fully saturated rings. The third-order valence-corrected chi connectivity index (χ3v) is 4.29. The second kappa shape index (κ2) is 4.11. The lowest BCUT2D eigenvalue weighted by atomic mass is 10.2. The Morgan fingerprint density at radius 1 is 1.21 bits per heavy atom. The van der Waals surface area contributed by atoms with Crippen LogP contribution in [0.3, 0.4) is 0 Å². The van der Waals surface area contributed by atoms with E-state index in [-0.39, 0.29) is 0 Å². The Balaban J connectivity index is 1.80. The number of halogens is 1. The number of imidazole rings is 1. The highest BCUT2D eigenvalue weighted by Gasteiger charge is 2.08. The molecular formula is C14H10ClN3S. The molecule has 3 aromatic heterocycles. The number of nitrogens with zero attached hydrogens (tertiary/aromatic N) is 3. The molecule has 0 spiro atoms. The molecule has 0 unspecified atom stereocenters. The lowest BCUT2D eigenvalue weighted by molar-refractivity contribution is 0.815. The number of para-hydroxylation sites is 1. The van der Waals surface area contributed by atoms with E-state index in [1.165, 1.54) is 0 Å². The van der Waals surface area contributed by atoms with Gasteiger partial charge >= 0.3 is 0 Å². The maximum absolute atomic E-state index is 6.28. The lowest BCUT2D eigenvalue weighted by Crippen LogP contribution is -1.98. The van der Waals surface area contributed by atoms with Crippen LogP contribution in [0, 0.1) is 0 Å². The zero-order valence-electron chi connectivity index (χ0n) is 9.95. The summed E-state index contributed by atoms with van der Waals surface area (Å²) < 4.78 is 4.19. The smallest absolute Gasteiger partial charge is 0.193 e. The van der Waals surface area contributed by atoms with E-state index < -0.39 is 0 Å². The molecule has 3 heterocycles. The van der Waals surface area contributed by atoms with Crippen LogP contribution in [0.25, 0.3) is 15.9 Å². The molecule has 0 aliphatic rings. The molecule has 0 aliphatic heterocycles. The molecule has 0 amide bonds. The van der Waals surface area contributed by atoms with Gasteiger partial charge in [0.1, 0.15) is 0 Å². The second-order valence-corrected chi connectivity index (χ2v) is 5.73. The van der Waals surface area contributed by atoms with Gasteiger partial charge in [-0.25, -0.2) is 4.98 Å². The van der Waals surface area contributed by atoms with Crippen LogP contribution in [0.15, 0.2) is 48.2 Å². The molecule has 0 aliphatic carbocycles. The van der Waals surface area contributed by atoms with E-state index in [0.717, 1.165) is 33.1 Å². The highest BCUT2D eigenvalue weighted by Crippen LogP contribution is 2.25. The van der Waals surface area contributed by atoms with Crippen LogP contribution in [0.4, 0.5) is 0 Å². The normalized spacial score (nSPS) is 11.6. The number of hydrogen-bond acceptors (Lipinski definition) is 2. The lowest BCUT2D eigenvalue weighted by Gasteiger charge is -2.04. The Labute approximate surface area is 118 Å². The maximum Gasteiger partial charge on any atom is 0.193 e. The Bertz CT molecular complexity index is 843. The Kier molecular flexibility index (Phi) is 2.40. The first-order chi connectivity index (χ1) is 9.31. The largest absolute Gasteiger partial charge is 0.340 e. The van der Waals surface area contributed by atoms with E-state index in [9.17, 15) is 0 Å². The summed E-state index contributed by atoms with van der Waals surface area (Å²) >= 11 is 7.93. The second-order valence-electron chi connectivity index (χ2n) is 4.45. The minimum absolute atomic E-state index is 0.738. The van der Waals surface area contributed by atoms with Gasteiger partial charge in [-0.2, -0.15) is 0 Å². The summed E-state index contributed by atoms with van der Waals surface area (Å²) in [6.45, 7) is 0.738. The Hall–Kier alpha value is -1.78. The van der Waals surface area contributed by atoms with Crippen molar-refractivity contribution in [3.05, 3.63) is 59.0 Å². The molecule has 5 heteroatoms. The van der Waals surface area contributed by atoms with Gasteiger partial charge in [0.2, 0.25) is 0 Å². The minimum atomic E-state index is 0.738. The molecule has 0 radical (unpaired) electrons. The van der Waals surface area contributed by atoms with E-state index in [2.05, 4.69) is 34.1 Å². The molecule has 4 aromatic rings. The van der Waals surface area contributed by atoms with Gasteiger partial charge in [0.25, 0.3) is 0 Å². The van der Waals surface area contributed by atoms with Gasteiger partial charge in [-0.3, -0.25) is 4.40 Å². The van der Waals surface area contributed by atoms with E-state index in [4.69, 9.17) is 11.6 Å². The standard InChI is InChI=1S/C14H10ClN3S/c15-12-3-1-2-10-4-5-17(13(10)12)8-11-9-18-6-7-19-14(18)16-11/h1-7,9H,8H2. The third-order valence-electron chi connectivity index (χ3n) is 3.21. The number of hydrogen-bond donors (Lipinski definition) is 0. The highest BCUT2D eigenvalue weighted by atomic mass is 35.5. The van der Waals surface area contributed by atoms with E-state index in [1.54, 1.807) is 11.3 Å². The summed E-state index contributed by atoms with van der Waals surface area (Å²) in [5.74, 6) is 0. The van der Waals surface area contributed by atoms with Crippen molar-refractivity contribution < 1.29 is 0 Å². The summed E-state index contributed by atoms with van der Waals surface area (Å²) in [6, 6.07) is 8.05. The van der Waals surface area contributed by atoms with Crippen molar-refractivity contribution in [2.24, 2.45) is 0 Å². The SMILES string of the molecule is Clc1cccc2ccn(Cc3cn4ccsc4n3)c12. The fourth-order valence-electron chi connectivity index (χ4n) is 2.37. The fourth-order valence-corrected chi connectivity index (χ4v) is 3.38. The molecule has 0 saturated carbocycles. The van der Waals surface area contributed by atoms with Crippen molar-refractivity contribution in [3.8, 4) is 0 Å². The zero-order chi connectivity index (χ0) is 12.8. The first kappa shape index (κ1) is 11.1. The third kappa shape index (κ3) is 1.76. The molecule has 19 heavy (non-hydrogen) atoms. The molecule has 94 valence electrons. The number of benzene rings is 1. The predicted octanol–water partition coefficient (Wildman–Crippen LogP) is 4.05. The van der Waals surface area contributed by atoms with Crippen LogP contribution in [-0.2, 0) is 6.54 Å². The molecule has 0 atom stereocenters. The molecule has 4 rings (SSSR count). The van der Waals surface area contributed by atoms with Crippen molar-refractivity contribution in [1.29, 1.82) is 0 Å². The molecule has 3 nitrogen and oxygen atoms in total. The van der Waals surface area contributed by atoms with Gasteiger partial charge < -0.3 is 4.57 Å². The number of rotatable bonds is 2. The maximum atomic E-state index is 6.28. The van der Waals surface area contributed by atoms with Gasteiger partial charge in [-0.15, -0.1) is 11.3 Å². The van der Waals surface area contributed by atoms with Crippen LogP contribution in [0.1, 0.15) is 5.69 Å². The monoisotopic (exact) mass is 287 g/mol. The zero-order valence-corrected chi connectivity index (χ0v) is 11.5. The van der Waals surface area contributed by atoms with Gasteiger partial charge in [0.05, 0.1) is 22.8 Å². The van der Waals surface area contributed by atoms with Crippen molar-refractivity contribution in [1.82, 2.24) is 14.0 Å². The first-order valence-electron chi connectivity index (χ1n) is 5.96. The van der Waals surface area contributed by atoms with Crippen molar-refractivity contribution in [3.63, 3.8) is 0 Å². The number of thiazole rings is 1. The summed E-state index contributed by atoms with van der Waals surface area (Å²) in [4.78, 5) is 5.63. The van der Waals surface area contributed by atoms with E-state index in [0.29, 0.717) is 0 Å². The highest BCUT2D eigenvalue weighted by molar-refractivity contribution is 7.15. The predicted molar refractivity (Wildman–Crippen MR) is 79.1 cm³/mol.